The first kappa shape index (κ1) is 12.5. The van der Waals surface area contributed by atoms with Crippen molar-refractivity contribution in [2.75, 3.05) is 39.3 Å². The molecule has 1 aromatic rings. The lowest BCUT2D eigenvalue weighted by atomic mass is 10.3. The Kier molecular flexibility index (Phi) is 3.42. The van der Waals surface area contributed by atoms with Gasteiger partial charge in [-0.2, -0.15) is 5.10 Å². The predicted octanol–water partition coefficient (Wildman–Crippen LogP) is 0.443. The topological polar surface area (TPSA) is 50.6 Å². The maximum Gasteiger partial charge on any atom is 0.274 e. The van der Waals surface area contributed by atoms with Gasteiger partial charge in [0.15, 0.2) is 5.69 Å². The molecule has 6 heteroatoms. The first-order chi connectivity index (χ1) is 9.28. The van der Waals surface area contributed by atoms with Crippen molar-refractivity contribution in [1.29, 1.82) is 0 Å². The van der Waals surface area contributed by atoms with Crippen LogP contribution >= 0.6 is 0 Å². The second-order valence-electron chi connectivity index (χ2n) is 5.02. The highest BCUT2D eigenvalue weighted by Crippen LogP contribution is 2.19. The summed E-state index contributed by atoms with van der Waals surface area (Å²) in [6.45, 7) is 8.23. The van der Waals surface area contributed by atoms with E-state index in [0.717, 1.165) is 51.6 Å². The minimum Gasteiger partial charge on any atom is -0.478 e. The molecule has 1 fully saturated rings. The van der Waals surface area contributed by atoms with E-state index in [1.807, 2.05) is 4.90 Å². The highest BCUT2D eigenvalue weighted by Gasteiger charge is 2.25. The zero-order chi connectivity index (χ0) is 13.2. The van der Waals surface area contributed by atoms with Crippen LogP contribution < -0.4 is 4.74 Å². The summed E-state index contributed by atoms with van der Waals surface area (Å²) in [6, 6.07) is 1.77. The summed E-state index contributed by atoms with van der Waals surface area (Å²) in [5.74, 6) is 0.753. The average molecular weight is 264 g/mol. The average Bonchev–Trinajstić information content (AvgIpc) is 2.90. The maximum absolute atomic E-state index is 12.4. The second-order valence-corrected chi connectivity index (χ2v) is 5.02. The van der Waals surface area contributed by atoms with Crippen LogP contribution in [0.5, 0.6) is 5.88 Å². The number of amides is 1. The van der Waals surface area contributed by atoms with Gasteiger partial charge in [-0.1, -0.05) is 6.92 Å². The zero-order valence-corrected chi connectivity index (χ0v) is 11.3. The van der Waals surface area contributed by atoms with Crippen LogP contribution in [0.3, 0.4) is 0 Å². The van der Waals surface area contributed by atoms with E-state index in [-0.39, 0.29) is 5.91 Å². The largest absolute Gasteiger partial charge is 0.478 e. The Balaban J connectivity index is 1.68. The van der Waals surface area contributed by atoms with Crippen molar-refractivity contribution >= 4 is 5.91 Å². The van der Waals surface area contributed by atoms with E-state index in [0.29, 0.717) is 12.3 Å². The van der Waals surface area contributed by atoms with Crippen molar-refractivity contribution in [3.05, 3.63) is 11.8 Å². The fourth-order valence-corrected chi connectivity index (χ4v) is 2.60. The number of hydrogen-bond acceptors (Lipinski definition) is 4. The molecule has 1 amide bonds. The van der Waals surface area contributed by atoms with Crippen LogP contribution in [0.2, 0.25) is 0 Å². The zero-order valence-electron chi connectivity index (χ0n) is 11.3. The number of carbonyl (C=O) groups is 1. The molecule has 0 radical (unpaired) electrons. The molecule has 0 N–H and O–H groups in total. The van der Waals surface area contributed by atoms with E-state index < -0.39 is 0 Å². The number of aryl methyl sites for hydroxylation is 1. The van der Waals surface area contributed by atoms with Gasteiger partial charge in [0, 0.05) is 45.2 Å². The molecule has 2 aliphatic heterocycles. The number of ether oxygens (including phenoxy) is 1. The number of nitrogens with zero attached hydrogens (tertiary/aromatic N) is 4. The quantitative estimate of drug-likeness (QED) is 0.778. The van der Waals surface area contributed by atoms with E-state index in [4.69, 9.17) is 4.74 Å². The van der Waals surface area contributed by atoms with Crippen molar-refractivity contribution in [2.24, 2.45) is 0 Å². The lowest BCUT2D eigenvalue weighted by Gasteiger charge is -2.33. The van der Waals surface area contributed by atoms with Crippen LogP contribution in [0.15, 0.2) is 6.07 Å². The first-order valence-electron chi connectivity index (χ1n) is 7.00. The molecule has 6 nitrogen and oxygen atoms in total. The fourth-order valence-electron chi connectivity index (χ4n) is 2.60. The van der Waals surface area contributed by atoms with Gasteiger partial charge < -0.3 is 14.5 Å². The highest BCUT2D eigenvalue weighted by molar-refractivity contribution is 5.92. The van der Waals surface area contributed by atoms with Crippen LogP contribution in [-0.4, -0.2) is 64.8 Å². The number of aromatic nitrogens is 2. The lowest BCUT2D eigenvalue weighted by Crippen LogP contribution is -2.48. The van der Waals surface area contributed by atoms with E-state index in [1.54, 1.807) is 10.7 Å². The smallest absolute Gasteiger partial charge is 0.274 e. The maximum atomic E-state index is 12.4. The summed E-state index contributed by atoms with van der Waals surface area (Å²) < 4.78 is 7.29. The first-order valence-corrected chi connectivity index (χ1v) is 7.00. The summed E-state index contributed by atoms with van der Waals surface area (Å²) in [7, 11) is 0. The third kappa shape index (κ3) is 2.45. The Labute approximate surface area is 112 Å². The number of carbonyl (C=O) groups excluding carboxylic acids is 1. The van der Waals surface area contributed by atoms with Crippen LogP contribution in [0.1, 0.15) is 23.8 Å². The molecule has 0 unspecified atom stereocenters. The van der Waals surface area contributed by atoms with Gasteiger partial charge in [-0.05, 0) is 6.54 Å². The van der Waals surface area contributed by atoms with Crippen LogP contribution in [0.4, 0.5) is 0 Å². The Bertz CT molecular complexity index is 440. The number of hydrogen-bond donors (Lipinski definition) is 0. The number of piperazine rings is 1. The normalized spacial score (nSPS) is 19.9. The van der Waals surface area contributed by atoms with Crippen molar-refractivity contribution in [3.8, 4) is 5.88 Å². The van der Waals surface area contributed by atoms with E-state index in [2.05, 4.69) is 16.9 Å². The molecule has 0 saturated carbocycles. The van der Waals surface area contributed by atoms with Crippen molar-refractivity contribution in [3.63, 3.8) is 0 Å². The Hall–Kier alpha value is -1.56. The van der Waals surface area contributed by atoms with Crippen molar-refractivity contribution in [1.82, 2.24) is 19.6 Å². The molecule has 1 saturated heterocycles. The number of rotatable bonds is 2. The van der Waals surface area contributed by atoms with Crippen LogP contribution in [-0.2, 0) is 6.54 Å². The van der Waals surface area contributed by atoms with Gasteiger partial charge in [0.2, 0.25) is 5.88 Å². The Morgan fingerprint density at radius 2 is 2.11 bits per heavy atom. The van der Waals surface area contributed by atoms with Gasteiger partial charge in [-0.25, -0.2) is 4.68 Å². The van der Waals surface area contributed by atoms with Crippen molar-refractivity contribution in [2.45, 2.75) is 19.9 Å². The van der Waals surface area contributed by atoms with E-state index >= 15 is 0 Å². The van der Waals surface area contributed by atoms with E-state index in [1.165, 1.54) is 0 Å². The second kappa shape index (κ2) is 5.21. The molecule has 0 spiro atoms. The summed E-state index contributed by atoms with van der Waals surface area (Å²) in [5.41, 5.74) is 0.516. The molecule has 0 aromatic carbocycles. The van der Waals surface area contributed by atoms with Gasteiger partial charge >= 0.3 is 0 Å². The SMILES string of the molecule is CCN1CCN(C(=O)c2cc3n(n2)CCCO3)CC1. The molecular formula is C13H20N4O2. The standard InChI is InChI=1S/C13H20N4O2/c1-2-15-5-7-16(8-6-15)13(18)11-10-12-17(14-11)4-3-9-19-12/h10H,2-9H2,1H3. The fraction of sp³-hybridized carbons (Fsp3) is 0.692. The molecule has 0 aliphatic carbocycles. The third-order valence-electron chi connectivity index (χ3n) is 3.83. The number of fused-ring (bicyclic) bond motifs is 1. The monoisotopic (exact) mass is 264 g/mol. The lowest BCUT2D eigenvalue weighted by molar-refractivity contribution is 0.0636. The summed E-state index contributed by atoms with van der Waals surface area (Å²) in [6.07, 6.45) is 0.956. The minimum absolute atomic E-state index is 0.0289. The Morgan fingerprint density at radius 3 is 2.79 bits per heavy atom. The Morgan fingerprint density at radius 1 is 1.32 bits per heavy atom. The van der Waals surface area contributed by atoms with Gasteiger partial charge in [-0.15, -0.1) is 0 Å². The van der Waals surface area contributed by atoms with Gasteiger partial charge in [0.1, 0.15) is 0 Å². The van der Waals surface area contributed by atoms with Crippen molar-refractivity contribution < 1.29 is 9.53 Å². The highest BCUT2D eigenvalue weighted by atomic mass is 16.5. The number of likely N-dealkylation sites (N-methyl/N-ethyl adjacent to an activating group) is 1. The molecule has 104 valence electrons. The summed E-state index contributed by atoms with van der Waals surface area (Å²) in [5, 5.41) is 4.35. The third-order valence-corrected chi connectivity index (χ3v) is 3.83. The van der Waals surface area contributed by atoms with Gasteiger partial charge in [0.25, 0.3) is 5.91 Å². The molecule has 19 heavy (non-hydrogen) atoms. The molecular weight excluding hydrogens is 244 g/mol. The van der Waals surface area contributed by atoms with Gasteiger partial charge in [-0.3, -0.25) is 4.79 Å². The predicted molar refractivity (Wildman–Crippen MR) is 70.4 cm³/mol. The molecule has 1 aromatic heterocycles. The van der Waals surface area contributed by atoms with Gasteiger partial charge in [0.05, 0.1) is 6.61 Å². The molecule has 2 aliphatic rings. The minimum atomic E-state index is 0.0289. The van der Waals surface area contributed by atoms with E-state index in [9.17, 15) is 4.79 Å². The molecule has 0 atom stereocenters. The van der Waals surface area contributed by atoms with Crippen LogP contribution in [0.25, 0.3) is 0 Å². The van der Waals surface area contributed by atoms with Crippen LogP contribution in [0, 0.1) is 0 Å². The summed E-state index contributed by atoms with van der Waals surface area (Å²) in [4.78, 5) is 16.6. The summed E-state index contributed by atoms with van der Waals surface area (Å²) >= 11 is 0. The molecule has 3 heterocycles. The molecule has 0 bridgehead atoms. The molecule has 3 rings (SSSR count).